The summed E-state index contributed by atoms with van der Waals surface area (Å²) in [5.74, 6) is -1.35. The van der Waals surface area contributed by atoms with Crippen LogP contribution in [-0.4, -0.2) is 184 Å². The minimum absolute atomic E-state index is 0.0474. The number of fused-ring (bicyclic) bond motifs is 2. The maximum absolute atomic E-state index is 14.2. The van der Waals surface area contributed by atoms with Crippen molar-refractivity contribution >= 4 is 84.9 Å². The molecular weight excluding hydrogens is 1260 g/mol. The zero-order valence-electron chi connectivity index (χ0n) is 52.3. The molecule has 12 rings (SSSR count). The first-order valence-electron chi connectivity index (χ1n) is 32.0. The molecule has 6 N–H and O–H groups in total. The van der Waals surface area contributed by atoms with E-state index in [0.29, 0.717) is 120 Å². The van der Waals surface area contributed by atoms with Gasteiger partial charge in [-0.3, -0.25) is 39.1 Å². The summed E-state index contributed by atoms with van der Waals surface area (Å²) in [6.45, 7) is 10.1. The third kappa shape index (κ3) is 15.9. The number of halogens is 1. The van der Waals surface area contributed by atoms with E-state index in [1.165, 1.54) is 24.4 Å². The quantitative estimate of drug-likeness (QED) is 0.0160. The van der Waals surface area contributed by atoms with Crippen molar-refractivity contribution in [3.05, 3.63) is 154 Å². The minimum Gasteiger partial charge on any atom is -0.493 e. The number of hydrogen-bond donors (Lipinski definition) is 6. The first-order valence-corrected chi connectivity index (χ1v) is 33.9. The Balaban J connectivity index is 0.625. The van der Waals surface area contributed by atoms with Gasteiger partial charge in [-0.2, -0.15) is 0 Å². The van der Waals surface area contributed by atoms with Crippen LogP contribution in [0.4, 0.5) is 22.7 Å². The van der Waals surface area contributed by atoms with Gasteiger partial charge >= 0.3 is 5.69 Å². The Hall–Kier alpha value is -9.02. The highest BCUT2D eigenvalue weighted by Gasteiger charge is 2.46. The summed E-state index contributed by atoms with van der Waals surface area (Å²) in [5.41, 5.74) is 5.23. The number of anilines is 3. The molecule has 0 radical (unpaired) electrons. The molecule has 5 aliphatic rings. The van der Waals surface area contributed by atoms with E-state index in [1.807, 2.05) is 42.5 Å². The van der Waals surface area contributed by atoms with Gasteiger partial charge in [0.15, 0.2) is 0 Å². The number of carbonyl (C=O) groups is 5. The van der Waals surface area contributed by atoms with Crippen molar-refractivity contribution in [1.82, 2.24) is 34.7 Å². The van der Waals surface area contributed by atoms with Crippen LogP contribution in [0.5, 0.6) is 17.2 Å². The molecule has 498 valence electrons. The summed E-state index contributed by atoms with van der Waals surface area (Å²) in [5, 5.41) is 20.0. The van der Waals surface area contributed by atoms with Gasteiger partial charge in [0.05, 0.1) is 65.7 Å². The van der Waals surface area contributed by atoms with Gasteiger partial charge in [-0.25, -0.2) is 23.3 Å². The van der Waals surface area contributed by atoms with E-state index in [-0.39, 0.29) is 52.6 Å². The van der Waals surface area contributed by atoms with E-state index in [2.05, 4.69) is 51.4 Å². The molecule has 0 bridgehead atoms. The highest BCUT2D eigenvalue weighted by molar-refractivity contribution is 7.90. The molecule has 1 atom stereocenters. The van der Waals surface area contributed by atoms with Gasteiger partial charge < -0.3 is 49.1 Å². The molecule has 2 aromatic heterocycles. The molecule has 7 aromatic rings. The number of aromatic nitrogens is 2. The lowest BCUT2D eigenvalue weighted by Crippen LogP contribution is -2.54. The van der Waals surface area contributed by atoms with Crippen molar-refractivity contribution in [2.75, 3.05) is 121 Å². The predicted octanol–water partition coefficient (Wildman–Crippen LogP) is 8.39. The lowest BCUT2D eigenvalue weighted by molar-refractivity contribution is -0.729. The zero-order valence-corrected chi connectivity index (χ0v) is 53.8. The molecule has 4 saturated heterocycles. The van der Waals surface area contributed by atoms with Gasteiger partial charge in [0, 0.05) is 118 Å². The highest BCUT2D eigenvalue weighted by Crippen LogP contribution is 2.38. The number of sulfonamides is 1. The average molecular weight is 1340 g/mol. The summed E-state index contributed by atoms with van der Waals surface area (Å²) in [6, 6.07) is 30.2. The van der Waals surface area contributed by atoms with Crippen molar-refractivity contribution in [3.63, 3.8) is 0 Å². The van der Waals surface area contributed by atoms with Crippen LogP contribution in [0.2, 0.25) is 5.02 Å². The number of hydrogen-bond acceptors (Lipinski definition) is 19. The van der Waals surface area contributed by atoms with Crippen LogP contribution >= 0.6 is 11.6 Å². The number of rotatable bonds is 27. The minimum atomic E-state index is -4.60. The number of imide groups is 2. The number of pyridine rings is 1. The number of carbonyl (C=O) groups excluding carboxylic acids is 5. The van der Waals surface area contributed by atoms with Gasteiger partial charge in [-0.05, 0) is 135 Å². The molecular formula is C68H75ClN11O14S+. The van der Waals surface area contributed by atoms with E-state index in [9.17, 15) is 42.5 Å². The average Bonchev–Trinajstić information content (AvgIpc) is 1.63. The van der Waals surface area contributed by atoms with Crippen molar-refractivity contribution in [3.8, 4) is 28.4 Å². The number of benzene rings is 5. The molecule has 27 heteroatoms. The Morgan fingerprint density at radius 3 is 2.31 bits per heavy atom. The van der Waals surface area contributed by atoms with Gasteiger partial charge in [0.1, 0.15) is 34.6 Å². The number of amides is 5. The van der Waals surface area contributed by atoms with Crippen LogP contribution < -0.4 is 35.0 Å². The molecule has 7 heterocycles. The molecule has 1 unspecified atom stereocenters. The first kappa shape index (κ1) is 66.0. The Bertz CT molecular complexity index is 4100. The van der Waals surface area contributed by atoms with Crippen LogP contribution in [0, 0.1) is 16.7 Å². The number of H-pyrrole nitrogens is 1. The van der Waals surface area contributed by atoms with Gasteiger partial charge in [0.25, 0.3) is 32.7 Å². The fraction of sp³-hybridized carbons (Fsp3) is 0.382. The molecule has 5 aliphatic heterocycles. The number of nitrogens with zero attached hydrogens (tertiary/aromatic N) is 6. The first-order chi connectivity index (χ1) is 46.1. The standard InChI is InChI=1S/C68H74ClN11O14S/c69-48-9-7-46(8-10-48)52-3-2-6-60(93-43-45-18-24-76(25-19-45)30-34-92-36-35-91-33-23-70-57-5-1-4-54-63(57)68(85)79(67(54)84)58-15-16-62(81)74-66(58)83)55(52)42-77-26-28-78(29-27-77)49-11-13-53(61(38-49)94-50-37-47-17-22-71-64(47)73-41-50)65(82)75-95(88,89)51-12-14-56(59(39-51)80(86)87)72-40-44-20-31-90-32-21-44/h1-14,17,22,37-39,41,44-45,58,72H,15-16,18-21,23-36,40,42-43H2,(H4-,70,71,73,74,75,81,82,83,85,86,87)/p+1. The lowest BCUT2D eigenvalue weighted by Gasteiger charge is -2.37. The Morgan fingerprint density at radius 1 is 0.758 bits per heavy atom. The van der Waals surface area contributed by atoms with Crippen LogP contribution in [-0.2, 0) is 40.4 Å². The molecule has 0 aliphatic carbocycles. The van der Waals surface area contributed by atoms with E-state index in [0.717, 1.165) is 89.8 Å². The molecule has 25 nitrogen and oxygen atoms in total. The number of piperazine rings is 1. The number of aromatic amines is 1. The Labute approximate surface area is 553 Å². The second kappa shape index (κ2) is 30.2. The normalized spacial score (nSPS) is 17.6. The van der Waals surface area contributed by atoms with Crippen molar-refractivity contribution < 1.29 is 66.2 Å². The van der Waals surface area contributed by atoms with Crippen LogP contribution in [0.15, 0.2) is 126 Å². The summed E-state index contributed by atoms with van der Waals surface area (Å²) >= 11 is 6.38. The summed E-state index contributed by atoms with van der Waals surface area (Å²) in [7, 11) is -4.60. The van der Waals surface area contributed by atoms with Gasteiger partial charge in [-0.1, -0.05) is 41.9 Å². The molecule has 4 fully saturated rings. The summed E-state index contributed by atoms with van der Waals surface area (Å²) in [4.78, 5) is 92.0. The third-order valence-electron chi connectivity index (χ3n) is 18.0. The number of ether oxygens (including phenoxy) is 5. The smallest absolute Gasteiger partial charge is 0.340 e. The molecule has 0 spiro atoms. The summed E-state index contributed by atoms with van der Waals surface area (Å²) < 4.78 is 60.3. The number of likely N-dealkylation sites (tertiary alicyclic amines) is 1. The Morgan fingerprint density at radius 2 is 1.53 bits per heavy atom. The number of piperidine rings is 2. The second-order valence-corrected chi connectivity index (χ2v) is 26.3. The van der Waals surface area contributed by atoms with Crippen LogP contribution in [0.1, 0.15) is 75.2 Å². The van der Waals surface area contributed by atoms with Crippen LogP contribution in [0.3, 0.4) is 0 Å². The van der Waals surface area contributed by atoms with E-state index in [1.54, 1.807) is 42.6 Å². The molecule has 5 aromatic carbocycles. The Kier molecular flexibility index (Phi) is 21.0. The zero-order chi connectivity index (χ0) is 66.0. The lowest BCUT2D eigenvalue weighted by atomic mass is 9.96. The van der Waals surface area contributed by atoms with Crippen molar-refractivity contribution in [1.29, 1.82) is 0 Å². The third-order valence-corrected chi connectivity index (χ3v) is 19.6. The molecule has 95 heavy (non-hydrogen) atoms. The summed E-state index contributed by atoms with van der Waals surface area (Å²) in [6.07, 6.45) is 6.96. The largest absolute Gasteiger partial charge is 0.493 e. The van der Waals surface area contributed by atoms with Gasteiger partial charge in [0.2, 0.25) is 11.8 Å². The van der Waals surface area contributed by atoms with E-state index >= 15 is 0 Å². The molecule has 5 amide bonds. The highest BCUT2D eigenvalue weighted by atomic mass is 35.5. The fourth-order valence-corrected chi connectivity index (χ4v) is 13.8. The predicted molar refractivity (Wildman–Crippen MR) is 353 cm³/mol. The van der Waals surface area contributed by atoms with E-state index < -0.39 is 55.4 Å². The van der Waals surface area contributed by atoms with Crippen LogP contribution in [0.25, 0.3) is 22.2 Å². The topological polar surface area (TPSA) is 296 Å². The SMILES string of the molecule is O=C1CCC(N2C(=O)c3cccc(NCCOCCOCCN4CCC(COc5cccc(-c6ccc(Cl)cc6)c5CN5CCN(c6ccc(C(=O)NS(=O)(=O)c7ccc(NCC8CCOCC8)c([N+](=O)O)c7)c(Oc7cnc8[nH]ccc8c7)c6)CC5)CC4)c3C2=O)C(=O)N1. The fourth-order valence-electron chi connectivity index (χ4n) is 12.7. The maximum atomic E-state index is 14.2. The van der Waals surface area contributed by atoms with Crippen molar-refractivity contribution in [2.45, 2.75) is 56.0 Å². The molecule has 0 saturated carbocycles. The number of nitrogens with one attached hydrogen (secondary N) is 5. The maximum Gasteiger partial charge on any atom is 0.340 e. The monoisotopic (exact) mass is 1340 g/mol. The van der Waals surface area contributed by atoms with E-state index in [4.69, 9.17) is 35.3 Å². The second-order valence-electron chi connectivity index (χ2n) is 24.2. The van der Waals surface area contributed by atoms with Gasteiger partial charge in [-0.15, -0.1) is 0 Å². The van der Waals surface area contributed by atoms with Crippen molar-refractivity contribution in [2.24, 2.45) is 11.8 Å².